The second-order valence-corrected chi connectivity index (χ2v) is 10.2. The maximum Gasteiger partial charge on any atom is 1.00 e. The van der Waals surface area contributed by atoms with E-state index in [1.807, 2.05) is 0 Å². The minimum Gasteiger partial charge on any atom is -0.789 e. The molecule has 17 nitrogen and oxygen atoms in total. The fourth-order valence-electron chi connectivity index (χ4n) is 2.58. The molecule has 1 saturated heterocycles. The molecule has 1 aliphatic heterocycles. The van der Waals surface area contributed by atoms with Gasteiger partial charge >= 0.3 is 74.8 Å². The molecule has 1 aliphatic rings. The van der Waals surface area contributed by atoms with Crippen molar-refractivity contribution in [3.05, 3.63) is 12.7 Å². The second kappa shape index (κ2) is 11.6. The zero-order chi connectivity index (χ0) is 22.3. The van der Waals surface area contributed by atoms with Crippen LogP contribution in [-0.4, -0.2) is 53.2 Å². The number of aliphatic hydroxyl groups excluding tert-OH is 1. The average molecular weight is 535 g/mol. The van der Waals surface area contributed by atoms with Gasteiger partial charge in [0.1, 0.15) is 24.2 Å². The molecular weight excluding hydrogens is 521 g/mol. The van der Waals surface area contributed by atoms with Crippen LogP contribution in [0.2, 0.25) is 0 Å². The smallest absolute Gasteiger partial charge is 0.789 e. The third-order valence-corrected chi connectivity index (χ3v) is 7.46. The molecule has 2 aromatic heterocycles. The van der Waals surface area contributed by atoms with E-state index in [1.54, 1.807) is 0 Å². The third kappa shape index (κ3) is 8.12. The topological polar surface area (TPSA) is 265 Å². The number of hydrogen-bond donors (Lipinski definition) is 4. The number of fused-ring (bicyclic) bond motifs is 1. The van der Waals surface area contributed by atoms with Crippen LogP contribution in [0, 0.1) is 0 Å². The SMILES string of the molecule is Nc1ncnc2c1ncn2[C@H]1C[C@H](O)[C@@H](COP(=O)(O)OP(=O)(O)OP(=O)([O-])[O-])O1.[Na+].[Na+]. The van der Waals surface area contributed by atoms with Crippen molar-refractivity contribution in [1.29, 1.82) is 0 Å². The van der Waals surface area contributed by atoms with Gasteiger partial charge in [0, 0.05) is 6.42 Å². The summed E-state index contributed by atoms with van der Waals surface area (Å²) in [4.78, 5) is 51.0. The van der Waals surface area contributed by atoms with E-state index >= 15 is 0 Å². The van der Waals surface area contributed by atoms with Gasteiger partial charge in [0.05, 0.1) is 26.9 Å². The molecule has 0 radical (unpaired) electrons. The summed E-state index contributed by atoms with van der Waals surface area (Å²) in [5.41, 5.74) is 6.28. The van der Waals surface area contributed by atoms with Gasteiger partial charge in [-0.15, -0.1) is 0 Å². The number of aromatic nitrogens is 4. The van der Waals surface area contributed by atoms with E-state index in [4.69, 9.17) is 15.4 Å². The van der Waals surface area contributed by atoms with Crippen LogP contribution in [0.4, 0.5) is 5.82 Å². The normalized spacial score (nSPS) is 24.8. The molecule has 2 unspecified atom stereocenters. The summed E-state index contributed by atoms with van der Waals surface area (Å²) in [6.07, 6.45) is -0.742. The molecule has 0 aliphatic carbocycles. The number of ether oxygens (including phenoxy) is 1. The van der Waals surface area contributed by atoms with Gasteiger partial charge in [-0.25, -0.2) is 24.1 Å². The summed E-state index contributed by atoms with van der Waals surface area (Å²) >= 11 is 0. The predicted octanol–water partition coefficient (Wildman–Crippen LogP) is -7.86. The number of nitrogens with two attached hydrogens (primary N) is 1. The molecule has 0 saturated carbocycles. The standard InChI is InChI=1S/C10H16N5O12P3.2Na/c11-9-8-10(13-3-12-9)15(4-14-8)7-1-5(16)6(25-7)2-24-29(20,21)27-30(22,23)26-28(17,18)19;;/h3-7,16H,1-2H2,(H,20,21)(H,22,23)(H2,11,12,13)(H2,17,18,19);;/q;2*+1/p-2/t5-,6+,7+;;/m0../s1. The molecule has 0 aromatic carbocycles. The van der Waals surface area contributed by atoms with Crippen molar-refractivity contribution in [2.24, 2.45) is 0 Å². The Kier molecular flexibility index (Phi) is 11.1. The van der Waals surface area contributed by atoms with Crippen LogP contribution in [0.3, 0.4) is 0 Å². The Balaban J connectivity index is 0.00000256. The Hall–Kier alpha value is 0.680. The monoisotopic (exact) mass is 535 g/mol. The van der Waals surface area contributed by atoms with Crippen LogP contribution in [0.25, 0.3) is 11.2 Å². The van der Waals surface area contributed by atoms with Crippen LogP contribution in [0.1, 0.15) is 12.6 Å². The van der Waals surface area contributed by atoms with Crippen molar-refractivity contribution < 1.29 is 115 Å². The predicted molar refractivity (Wildman–Crippen MR) is 89.6 cm³/mol. The molecule has 1 fully saturated rings. The van der Waals surface area contributed by atoms with Gasteiger partial charge in [0.2, 0.25) is 0 Å². The van der Waals surface area contributed by atoms with Crippen molar-refractivity contribution in [3.8, 4) is 0 Å². The molecule has 2 aromatic rings. The molecule has 3 heterocycles. The Morgan fingerprint density at radius 2 is 1.81 bits per heavy atom. The molecule has 168 valence electrons. The maximum absolute atomic E-state index is 11.7. The van der Waals surface area contributed by atoms with Gasteiger partial charge in [0.25, 0.3) is 0 Å². The van der Waals surface area contributed by atoms with E-state index in [0.717, 1.165) is 0 Å². The van der Waals surface area contributed by atoms with Crippen LogP contribution < -0.4 is 74.6 Å². The Bertz CT molecular complexity index is 1080. The van der Waals surface area contributed by atoms with Crippen molar-refractivity contribution in [2.45, 2.75) is 24.9 Å². The summed E-state index contributed by atoms with van der Waals surface area (Å²) in [5, 5.41) is 10.1. The number of rotatable bonds is 8. The largest absolute Gasteiger partial charge is 1.00 e. The van der Waals surface area contributed by atoms with Crippen molar-refractivity contribution in [2.75, 3.05) is 12.3 Å². The third-order valence-electron chi connectivity index (χ3n) is 3.71. The summed E-state index contributed by atoms with van der Waals surface area (Å²) in [7, 11) is -17.2. The fraction of sp³-hybridized carbons (Fsp3) is 0.500. The number of phosphoric ester groups is 1. The van der Waals surface area contributed by atoms with E-state index in [1.165, 1.54) is 17.2 Å². The first-order valence-corrected chi connectivity index (χ1v) is 12.2. The first-order chi connectivity index (χ1) is 13.8. The molecule has 32 heavy (non-hydrogen) atoms. The van der Waals surface area contributed by atoms with Crippen LogP contribution in [0.15, 0.2) is 12.7 Å². The van der Waals surface area contributed by atoms with E-state index in [9.17, 15) is 33.5 Å². The zero-order valence-corrected chi connectivity index (χ0v) is 23.2. The zero-order valence-electron chi connectivity index (χ0n) is 16.5. The van der Waals surface area contributed by atoms with Crippen LogP contribution in [-0.2, 0) is 31.6 Å². The molecule has 3 rings (SSSR count). The van der Waals surface area contributed by atoms with Crippen molar-refractivity contribution >= 4 is 40.4 Å². The molecule has 5 atom stereocenters. The van der Waals surface area contributed by atoms with E-state index in [2.05, 4.69) is 28.1 Å². The van der Waals surface area contributed by atoms with Gasteiger partial charge in [0.15, 0.2) is 11.5 Å². The molecule has 22 heteroatoms. The summed E-state index contributed by atoms with van der Waals surface area (Å²) in [6, 6.07) is 0. The van der Waals surface area contributed by atoms with Gasteiger partial charge < -0.3 is 39.7 Å². The Morgan fingerprint density at radius 1 is 1.16 bits per heavy atom. The first-order valence-electron chi connectivity index (χ1n) is 7.78. The van der Waals surface area contributed by atoms with Crippen LogP contribution in [0.5, 0.6) is 0 Å². The average Bonchev–Trinajstić information content (AvgIpc) is 3.14. The Morgan fingerprint density at radius 3 is 2.44 bits per heavy atom. The fourth-order valence-corrected chi connectivity index (χ4v) is 5.55. The van der Waals surface area contributed by atoms with Gasteiger partial charge in [-0.05, 0) is 0 Å². The first kappa shape index (κ1) is 30.7. The van der Waals surface area contributed by atoms with E-state index in [-0.39, 0.29) is 76.9 Å². The van der Waals surface area contributed by atoms with Crippen molar-refractivity contribution in [1.82, 2.24) is 19.5 Å². The summed E-state index contributed by atoms with van der Waals surface area (Å²) in [5.74, 6) is 0.118. The van der Waals surface area contributed by atoms with Gasteiger partial charge in [-0.3, -0.25) is 13.4 Å². The number of nitrogen functional groups attached to an aromatic ring is 1. The summed E-state index contributed by atoms with van der Waals surface area (Å²) < 4.78 is 51.6. The molecule has 0 bridgehead atoms. The van der Waals surface area contributed by atoms with E-state index in [0.29, 0.717) is 5.65 Å². The van der Waals surface area contributed by atoms with Crippen LogP contribution >= 0.6 is 23.5 Å². The maximum atomic E-state index is 11.7. The van der Waals surface area contributed by atoms with Gasteiger partial charge in [-0.1, -0.05) is 0 Å². The van der Waals surface area contributed by atoms with Crippen molar-refractivity contribution in [3.63, 3.8) is 0 Å². The number of nitrogens with zero attached hydrogens (tertiary/aromatic N) is 4. The number of imidazole rings is 1. The minimum absolute atomic E-state index is 0. The second-order valence-electron chi connectivity index (χ2n) is 5.86. The van der Waals surface area contributed by atoms with Gasteiger partial charge in [-0.2, -0.15) is 4.31 Å². The number of aliphatic hydroxyl groups is 1. The Labute approximate surface area is 223 Å². The summed E-state index contributed by atoms with van der Waals surface area (Å²) in [6.45, 7) is -0.818. The minimum atomic E-state index is -6.00. The number of anilines is 1. The molecule has 5 N–H and O–H groups in total. The van der Waals surface area contributed by atoms with E-state index < -0.39 is 48.5 Å². The quantitative estimate of drug-likeness (QED) is 0.181. The molecule has 0 spiro atoms. The molecule has 0 amide bonds. The number of phosphoric acid groups is 3. The number of hydrogen-bond acceptors (Lipinski definition) is 14. The molecular formula is C10H14N5Na2O12P3.